The summed E-state index contributed by atoms with van der Waals surface area (Å²) in [6, 6.07) is 7.48. The lowest BCUT2D eigenvalue weighted by molar-refractivity contribution is -0.151. The smallest absolute Gasteiger partial charge is 0.313 e. The molecule has 6 nitrogen and oxygen atoms in total. The molecule has 1 atom stereocenters. The van der Waals surface area contributed by atoms with E-state index in [1.54, 1.807) is 4.90 Å². The van der Waals surface area contributed by atoms with E-state index in [1.807, 2.05) is 31.2 Å². The van der Waals surface area contributed by atoms with Gasteiger partial charge in [-0.15, -0.1) is 0 Å². The number of carbonyl (C=O) groups is 2. The van der Waals surface area contributed by atoms with Crippen LogP contribution in [-0.4, -0.2) is 55.3 Å². The van der Waals surface area contributed by atoms with Gasteiger partial charge in [-0.3, -0.25) is 9.59 Å². The minimum atomic E-state index is -0.990. The second-order valence-corrected chi connectivity index (χ2v) is 6.26. The van der Waals surface area contributed by atoms with Gasteiger partial charge < -0.3 is 19.5 Å². The van der Waals surface area contributed by atoms with Crippen LogP contribution in [0.1, 0.15) is 25.3 Å². The van der Waals surface area contributed by atoms with Crippen LogP contribution in [0.4, 0.5) is 0 Å². The monoisotopic (exact) mass is 335 g/mol. The Labute approximate surface area is 142 Å². The maximum atomic E-state index is 12.5. The number of hydrogen-bond acceptors (Lipinski definition) is 4. The molecule has 1 saturated heterocycles. The Morgan fingerprint density at radius 2 is 2.17 bits per heavy atom. The van der Waals surface area contributed by atoms with Crippen molar-refractivity contribution >= 4 is 11.9 Å². The topological polar surface area (TPSA) is 76.1 Å². The van der Waals surface area contributed by atoms with Crippen molar-refractivity contribution in [2.45, 2.75) is 26.2 Å². The second-order valence-electron chi connectivity index (χ2n) is 6.26. The summed E-state index contributed by atoms with van der Waals surface area (Å²) in [6.07, 6.45) is 1.58. The van der Waals surface area contributed by atoms with Crippen LogP contribution < -0.4 is 4.74 Å². The lowest BCUT2D eigenvalue weighted by Crippen LogP contribution is -2.40. The average Bonchev–Trinajstić information content (AvgIpc) is 2.99. The first kappa shape index (κ1) is 18.3. The minimum Gasteiger partial charge on any atom is -0.494 e. The van der Waals surface area contributed by atoms with Crippen LogP contribution in [0.2, 0.25) is 0 Å². The predicted molar refractivity (Wildman–Crippen MR) is 89.1 cm³/mol. The molecule has 2 rings (SSSR count). The van der Waals surface area contributed by atoms with E-state index in [2.05, 4.69) is 0 Å². The molecular weight excluding hydrogens is 310 g/mol. The van der Waals surface area contributed by atoms with Crippen LogP contribution in [0.25, 0.3) is 0 Å². The molecule has 1 amide bonds. The van der Waals surface area contributed by atoms with Crippen molar-refractivity contribution in [1.82, 2.24) is 4.90 Å². The lowest BCUT2D eigenvalue weighted by atomic mass is 9.88. The number of carboxylic acids is 1. The quantitative estimate of drug-likeness (QED) is 0.786. The van der Waals surface area contributed by atoms with Gasteiger partial charge in [0, 0.05) is 20.2 Å². The molecule has 6 heteroatoms. The molecule has 1 unspecified atom stereocenters. The Morgan fingerprint density at radius 1 is 1.38 bits per heavy atom. The van der Waals surface area contributed by atoms with Crippen LogP contribution in [0.3, 0.4) is 0 Å². The summed E-state index contributed by atoms with van der Waals surface area (Å²) < 4.78 is 10.6. The molecule has 0 saturated carbocycles. The molecule has 1 aliphatic rings. The van der Waals surface area contributed by atoms with Gasteiger partial charge in [0.2, 0.25) is 5.91 Å². The fourth-order valence-electron chi connectivity index (χ4n) is 2.97. The number of methoxy groups -OCH3 is 1. The predicted octanol–water partition coefficient (Wildman–Crippen LogP) is 1.97. The summed E-state index contributed by atoms with van der Waals surface area (Å²) >= 11 is 0. The largest absolute Gasteiger partial charge is 0.494 e. The number of rotatable bonds is 8. The van der Waals surface area contributed by atoms with Crippen LogP contribution in [-0.2, 0) is 20.7 Å². The maximum absolute atomic E-state index is 12.5. The van der Waals surface area contributed by atoms with Crippen molar-refractivity contribution in [2.24, 2.45) is 5.41 Å². The van der Waals surface area contributed by atoms with E-state index in [0.29, 0.717) is 19.6 Å². The molecule has 1 heterocycles. The summed E-state index contributed by atoms with van der Waals surface area (Å²) in [5.74, 6) is -0.223. The van der Waals surface area contributed by atoms with Gasteiger partial charge in [0.1, 0.15) is 11.2 Å². The van der Waals surface area contributed by atoms with Gasteiger partial charge in [-0.1, -0.05) is 19.1 Å². The van der Waals surface area contributed by atoms with Crippen LogP contribution >= 0.6 is 0 Å². The molecule has 24 heavy (non-hydrogen) atoms. The first-order chi connectivity index (χ1) is 11.5. The van der Waals surface area contributed by atoms with Crippen molar-refractivity contribution in [3.05, 3.63) is 29.8 Å². The lowest BCUT2D eigenvalue weighted by Gasteiger charge is -2.23. The summed E-state index contributed by atoms with van der Waals surface area (Å²) in [4.78, 5) is 25.7. The Balaban J connectivity index is 1.99. The van der Waals surface area contributed by atoms with Crippen LogP contribution in [0, 0.1) is 5.41 Å². The third kappa shape index (κ3) is 4.26. The van der Waals surface area contributed by atoms with Gasteiger partial charge in [0.15, 0.2) is 0 Å². The Kier molecular flexibility index (Phi) is 6.20. The first-order valence-corrected chi connectivity index (χ1v) is 8.22. The molecule has 1 fully saturated rings. The zero-order valence-electron chi connectivity index (χ0n) is 14.3. The van der Waals surface area contributed by atoms with Crippen molar-refractivity contribution < 1.29 is 24.2 Å². The average molecular weight is 335 g/mol. The van der Waals surface area contributed by atoms with E-state index >= 15 is 0 Å². The number of hydrogen-bond donors (Lipinski definition) is 1. The molecule has 0 aliphatic carbocycles. The number of nitrogens with zero attached hydrogens (tertiary/aromatic N) is 1. The molecule has 1 N–H and O–H groups in total. The zero-order chi connectivity index (χ0) is 17.6. The van der Waals surface area contributed by atoms with Crippen molar-refractivity contribution in [2.75, 3.05) is 33.4 Å². The molecule has 1 aliphatic heterocycles. The third-order valence-electron chi connectivity index (χ3n) is 4.31. The Bertz CT molecular complexity index is 589. The number of carbonyl (C=O) groups excluding carboxylic acids is 1. The van der Waals surface area contributed by atoms with Gasteiger partial charge in [0.05, 0.1) is 19.6 Å². The fraction of sp³-hybridized carbons (Fsp3) is 0.556. The third-order valence-corrected chi connectivity index (χ3v) is 4.31. The van der Waals surface area contributed by atoms with E-state index in [1.165, 1.54) is 7.11 Å². The summed E-state index contributed by atoms with van der Waals surface area (Å²) in [5, 5.41) is 9.47. The maximum Gasteiger partial charge on any atom is 0.313 e. The van der Waals surface area contributed by atoms with Crippen LogP contribution in [0.15, 0.2) is 24.3 Å². The number of carboxylic acid groups (broad SMARTS) is 1. The number of ether oxygens (including phenoxy) is 2. The van der Waals surface area contributed by atoms with Crippen molar-refractivity contribution in [3.63, 3.8) is 0 Å². The number of likely N-dealkylation sites (tertiary alicyclic amines) is 1. The second kappa shape index (κ2) is 8.15. The highest BCUT2D eigenvalue weighted by Gasteiger charge is 2.46. The summed E-state index contributed by atoms with van der Waals surface area (Å²) in [6.45, 7) is 3.44. The standard InChI is InChI=1S/C18H25NO5/c1-3-9-24-15-6-4-5-14(10-15)11-16(20)19-8-7-18(12-19,13-23-2)17(21)22/h4-6,10H,3,7-9,11-13H2,1-2H3,(H,21,22). The number of aliphatic carboxylic acids is 1. The van der Waals surface area contributed by atoms with Gasteiger partial charge in [-0.05, 0) is 30.5 Å². The van der Waals surface area contributed by atoms with E-state index in [4.69, 9.17) is 9.47 Å². The van der Waals surface area contributed by atoms with Gasteiger partial charge in [-0.25, -0.2) is 0 Å². The van der Waals surface area contributed by atoms with Crippen molar-refractivity contribution in [3.8, 4) is 5.75 Å². The SMILES string of the molecule is CCCOc1cccc(CC(=O)N2CCC(COC)(C(=O)O)C2)c1. The van der Waals surface area contributed by atoms with E-state index in [0.717, 1.165) is 17.7 Å². The molecule has 0 radical (unpaired) electrons. The van der Waals surface area contributed by atoms with Gasteiger partial charge in [0.25, 0.3) is 0 Å². The van der Waals surface area contributed by atoms with Gasteiger partial charge in [-0.2, -0.15) is 0 Å². The Hall–Kier alpha value is -2.08. The van der Waals surface area contributed by atoms with Crippen LogP contribution in [0.5, 0.6) is 5.75 Å². The molecule has 0 spiro atoms. The van der Waals surface area contributed by atoms with E-state index in [9.17, 15) is 14.7 Å². The van der Waals surface area contributed by atoms with Gasteiger partial charge >= 0.3 is 5.97 Å². The zero-order valence-corrected chi connectivity index (χ0v) is 14.3. The molecule has 0 bridgehead atoms. The molecule has 0 aromatic heterocycles. The normalized spacial score (nSPS) is 20.2. The number of benzene rings is 1. The molecular formula is C18H25NO5. The highest BCUT2D eigenvalue weighted by molar-refractivity contribution is 5.82. The highest BCUT2D eigenvalue weighted by atomic mass is 16.5. The summed E-state index contributed by atoms with van der Waals surface area (Å²) in [5.41, 5.74) is -0.121. The van der Waals surface area contributed by atoms with Crippen molar-refractivity contribution in [1.29, 1.82) is 0 Å². The van der Waals surface area contributed by atoms with E-state index < -0.39 is 11.4 Å². The number of amides is 1. The highest BCUT2D eigenvalue weighted by Crippen LogP contribution is 2.31. The Morgan fingerprint density at radius 3 is 2.83 bits per heavy atom. The first-order valence-electron chi connectivity index (χ1n) is 8.22. The summed E-state index contributed by atoms with van der Waals surface area (Å²) in [7, 11) is 1.48. The fourth-order valence-corrected chi connectivity index (χ4v) is 2.97. The minimum absolute atomic E-state index is 0.0677. The van der Waals surface area contributed by atoms with E-state index in [-0.39, 0.29) is 25.5 Å². The molecule has 1 aromatic carbocycles. The molecule has 132 valence electrons. The molecule has 1 aromatic rings.